The van der Waals surface area contributed by atoms with Crippen molar-refractivity contribution in [2.75, 3.05) is 26.2 Å². The van der Waals surface area contributed by atoms with Crippen LogP contribution in [0.2, 0.25) is 0 Å². The van der Waals surface area contributed by atoms with Gasteiger partial charge in [-0.3, -0.25) is 0 Å². The molecule has 0 atom stereocenters. The van der Waals surface area contributed by atoms with Gasteiger partial charge >= 0.3 is 0 Å². The quantitative estimate of drug-likeness (QED) is 0.115. The molecule has 0 rings (SSSR count). The second kappa shape index (κ2) is 29.0. The SMILES string of the molecule is CCCCCCCCCNCCCCCCCCCCCCCCCCNCCC(C)C. The third-order valence-corrected chi connectivity index (χ3v) is 6.81. The van der Waals surface area contributed by atoms with E-state index in [1.165, 1.54) is 167 Å². The summed E-state index contributed by atoms with van der Waals surface area (Å²) < 4.78 is 0. The zero-order chi connectivity index (χ0) is 23.4. The lowest BCUT2D eigenvalue weighted by Crippen LogP contribution is -2.17. The molecule has 194 valence electrons. The van der Waals surface area contributed by atoms with Crippen LogP contribution in [0.3, 0.4) is 0 Å². The topological polar surface area (TPSA) is 24.1 Å². The van der Waals surface area contributed by atoms with Gasteiger partial charge in [0.2, 0.25) is 0 Å². The van der Waals surface area contributed by atoms with Crippen LogP contribution in [0, 0.1) is 5.92 Å². The van der Waals surface area contributed by atoms with Crippen LogP contribution in [0.5, 0.6) is 0 Å². The minimum absolute atomic E-state index is 0.833. The molecule has 0 saturated heterocycles. The fourth-order valence-electron chi connectivity index (χ4n) is 4.47. The lowest BCUT2D eigenvalue weighted by molar-refractivity contribution is 0.509. The van der Waals surface area contributed by atoms with E-state index in [4.69, 9.17) is 0 Å². The van der Waals surface area contributed by atoms with Crippen molar-refractivity contribution in [3.63, 3.8) is 0 Å². The van der Waals surface area contributed by atoms with Crippen LogP contribution in [-0.2, 0) is 0 Å². The first kappa shape index (κ1) is 31.9. The Morgan fingerprint density at radius 1 is 0.375 bits per heavy atom. The smallest absolute Gasteiger partial charge is 0.00465 e. The van der Waals surface area contributed by atoms with Crippen molar-refractivity contribution >= 4 is 0 Å². The van der Waals surface area contributed by atoms with Gasteiger partial charge in [-0.15, -0.1) is 0 Å². The predicted molar refractivity (Wildman–Crippen MR) is 148 cm³/mol. The molecule has 0 aromatic rings. The Balaban J connectivity index is 3.00. The third kappa shape index (κ3) is 29.9. The van der Waals surface area contributed by atoms with E-state index in [-0.39, 0.29) is 0 Å². The summed E-state index contributed by atoms with van der Waals surface area (Å²) in [5.74, 6) is 0.833. The van der Waals surface area contributed by atoms with Crippen molar-refractivity contribution in [3.05, 3.63) is 0 Å². The van der Waals surface area contributed by atoms with Crippen molar-refractivity contribution in [1.82, 2.24) is 10.6 Å². The Bertz CT molecular complexity index is 316. The molecule has 0 bridgehead atoms. The Labute approximate surface area is 204 Å². The van der Waals surface area contributed by atoms with Crippen LogP contribution < -0.4 is 10.6 Å². The molecular weight excluding hydrogens is 388 g/mol. The molecule has 0 spiro atoms. The van der Waals surface area contributed by atoms with E-state index >= 15 is 0 Å². The summed E-state index contributed by atoms with van der Waals surface area (Å²) in [6, 6.07) is 0. The molecule has 0 unspecified atom stereocenters. The van der Waals surface area contributed by atoms with E-state index in [2.05, 4.69) is 31.4 Å². The van der Waals surface area contributed by atoms with Gasteiger partial charge in [0.05, 0.1) is 0 Å². The summed E-state index contributed by atoms with van der Waals surface area (Å²) in [5, 5.41) is 7.22. The van der Waals surface area contributed by atoms with Crippen molar-refractivity contribution < 1.29 is 0 Å². The molecule has 2 N–H and O–H groups in total. The highest BCUT2D eigenvalue weighted by Gasteiger charge is 1.96. The summed E-state index contributed by atoms with van der Waals surface area (Å²) in [7, 11) is 0. The summed E-state index contributed by atoms with van der Waals surface area (Å²) >= 11 is 0. The molecule has 0 fully saturated rings. The van der Waals surface area contributed by atoms with Crippen molar-refractivity contribution in [1.29, 1.82) is 0 Å². The zero-order valence-electron chi connectivity index (χ0n) is 23.0. The van der Waals surface area contributed by atoms with Gasteiger partial charge in [0.1, 0.15) is 0 Å². The van der Waals surface area contributed by atoms with E-state index in [9.17, 15) is 0 Å². The molecule has 2 nitrogen and oxygen atoms in total. The van der Waals surface area contributed by atoms with Crippen molar-refractivity contribution in [2.45, 2.75) is 162 Å². The molecule has 0 heterocycles. The highest BCUT2D eigenvalue weighted by molar-refractivity contribution is 4.54. The first-order valence-corrected chi connectivity index (χ1v) is 15.2. The predicted octanol–water partition coefficient (Wildman–Crippen LogP) is 9.42. The molecule has 2 heteroatoms. The molecule has 0 aliphatic carbocycles. The average molecular weight is 453 g/mol. The van der Waals surface area contributed by atoms with E-state index in [0.29, 0.717) is 0 Å². The fraction of sp³-hybridized carbons (Fsp3) is 1.00. The number of hydrogen-bond acceptors (Lipinski definition) is 2. The van der Waals surface area contributed by atoms with Crippen LogP contribution >= 0.6 is 0 Å². The maximum absolute atomic E-state index is 3.64. The molecule has 0 aliphatic rings. The molecule has 0 aromatic carbocycles. The van der Waals surface area contributed by atoms with Gasteiger partial charge in [-0.25, -0.2) is 0 Å². The normalized spacial score (nSPS) is 11.6. The second-order valence-electron chi connectivity index (χ2n) is 10.8. The van der Waals surface area contributed by atoms with Crippen LogP contribution in [0.4, 0.5) is 0 Å². The fourth-order valence-corrected chi connectivity index (χ4v) is 4.47. The van der Waals surface area contributed by atoms with E-state index in [1.807, 2.05) is 0 Å². The third-order valence-electron chi connectivity index (χ3n) is 6.81. The Morgan fingerprint density at radius 2 is 0.656 bits per heavy atom. The Kier molecular flexibility index (Phi) is 28.9. The van der Waals surface area contributed by atoms with Gasteiger partial charge in [-0.2, -0.15) is 0 Å². The monoisotopic (exact) mass is 453 g/mol. The molecular formula is C30H64N2. The highest BCUT2D eigenvalue weighted by atomic mass is 14.8. The summed E-state index contributed by atoms with van der Waals surface area (Å²) in [6.45, 7) is 11.8. The Hall–Kier alpha value is -0.0800. The molecule has 0 aliphatic heterocycles. The number of nitrogens with one attached hydrogen (secondary N) is 2. The second-order valence-corrected chi connectivity index (χ2v) is 10.8. The van der Waals surface area contributed by atoms with Gasteiger partial charge in [0.25, 0.3) is 0 Å². The average Bonchev–Trinajstić information content (AvgIpc) is 2.78. The minimum atomic E-state index is 0.833. The zero-order valence-corrected chi connectivity index (χ0v) is 23.0. The number of hydrogen-bond donors (Lipinski definition) is 2. The first-order chi connectivity index (χ1) is 15.8. The van der Waals surface area contributed by atoms with E-state index in [0.717, 1.165) is 5.92 Å². The lowest BCUT2D eigenvalue weighted by Gasteiger charge is -2.07. The van der Waals surface area contributed by atoms with Gasteiger partial charge < -0.3 is 10.6 Å². The summed E-state index contributed by atoms with van der Waals surface area (Å²) in [6.07, 6.45) is 31.5. The van der Waals surface area contributed by atoms with Crippen molar-refractivity contribution in [3.8, 4) is 0 Å². The maximum atomic E-state index is 3.64. The van der Waals surface area contributed by atoms with Crippen molar-refractivity contribution in [2.24, 2.45) is 5.92 Å². The minimum Gasteiger partial charge on any atom is -0.317 e. The maximum Gasteiger partial charge on any atom is -0.00465 e. The summed E-state index contributed by atoms with van der Waals surface area (Å²) in [4.78, 5) is 0. The molecule has 0 aromatic heterocycles. The van der Waals surface area contributed by atoms with Gasteiger partial charge in [-0.1, -0.05) is 136 Å². The van der Waals surface area contributed by atoms with Gasteiger partial charge in [-0.05, 0) is 57.8 Å². The summed E-state index contributed by atoms with van der Waals surface area (Å²) in [5.41, 5.74) is 0. The molecule has 0 radical (unpaired) electrons. The van der Waals surface area contributed by atoms with E-state index < -0.39 is 0 Å². The Morgan fingerprint density at radius 3 is 0.969 bits per heavy atom. The van der Waals surface area contributed by atoms with Crippen LogP contribution in [0.25, 0.3) is 0 Å². The first-order valence-electron chi connectivity index (χ1n) is 15.2. The van der Waals surface area contributed by atoms with E-state index in [1.54, 1.807) is 0 Å². The number of unbranched alkanes of at least 4 members (excludes halogenated alkanes) is 19. The molecule has 0 amide bonds. The van der Waals surface area contributed by atoms with Crippen LogP contribution in [0.15, 0.2) is 0 Å². The molecule has 0 saturated carbocycles. The standard InChI is InChI=1S/C30H64N2/c1-4-5-6-7-16-19-22-26-31-27-23-20-17-14-12-10-8-9-11-13-15-18-21-24-28-32-29-25-30(2)3/h30-32H,4-29H2,1-3H3. The van der Waals surface area contributed by atoms with Gasteiger partial charge in [0.15, 0.2) is 0 Å². The lowest BCUT2D eigenvalue weighted by atomic mass is 10.0. The highest BCUT2D eigenvalue weighted by Crippen LogP contribution is 2.13. The van der Waals surface area contributed by atoms with Crippen LogP contribution in [0.1, 0.15) is 162 Å². The largest absolute Gasteiger partial charge is 0.317 e. The molecule has 32 heavy (non-hydrogen) atoms. The number of rotatable bonds is 28. The van der Waals surface area contributed by atoms with Crippen LogP contribution in [-0.4, -0.2) is 26.2 Å². The van der Waals surface area contributed by atoms with Gasteiger partial charge in [0, 0.05) is 0 Å².